The monoisotopic (exact) mass is 187 g/mol. The van der Waals surface area contributed by atoms with Crippen molar-refractivity contribution in [2.45, 2.75) is 18.9 Å². The van der Waals surface area contributed by atoms with E-state index in [4.69, 9.17) is 16.7 Å². The number of aromatic nitrogens is 3. The number of hydrogen-bond donors (Lipinski definition) is 1. The number of aromatic carboxylic acids is 1. The van der Waals surface area contributed by atoms with Crippen molar-refractivity contribution in [1.29, 1.82) is 0 Å². The molecule has 0 radical (unpaired) electrons. The Hall–Kier alpha value is -1.10. The molecule has 1 heterocycles. The lowest BCUT2D eigenvalue weighted by molar-refractivity contribution is 0.0690. The third kappa shape index (κ3) is 1.06. The second kappa shape index (κ2) is 2.45. The molecule has 6 heteroatoms. The minimum Gasteiger partial charge on any atom is -0.476 e. The minimum atomic E-state index is -1.13. The van der Waals surface area contributed by atoms with Gasteiger partial charge in [0.15, 0.2) is 5.15 Å². The van der Waals surface area contributed by atoms with Gasteiger partial charge in [-0.05, 0) is 12.8 Å². The van der Waals surface area contributed by atoms with E-state index in [9.17, 15) is 4.79 Å². The Morgan fingerprint density at radius 2 is 2.33 bits per heavy atom. The van der Waals surface area contributed by atoms with Crippen LogP contribution in [0.2, 0.25) is 5.15 Å². The molecule has 12 heavy (non-hydrogen) atoms. The van der Waals surface area contributed by atoms with Crippen molar-refractivity contribution in [3.05, 3.63) is 10.8 Å². The molecule has 1 fully saturated rings. The van der Waals surface area contributed by atoms with Gasteiger partial charge in [0, 0.05) is 0 Å². The van der Waals surface area contributed by atoms with E-state index in [0.717, 1.165) is 12.8 Å². The van der Waals surface area contributed by atoms with Crippen molar-refractivity contribution in [1.82, 2.24) is 15.0 Å². The van der Waals surface area contributed by atoms with Crippen LogP contribution < -0.4 is 0 Å². The third-order valence-corrected chi connectivity index (χ3v) is 2.09. The van der Waals surface area contributed by atoms with Crippen LogP contribution in [0.25, 0.3) is 0 Å². The Morgan fingerprint density at radius 3 is 2.75 bits per heavy atom. The maximum atomic E-state index is 10.5. The van der Waals surface area contributed by atoms with Crippen LogP contribution >= 0.6 is 11.6 Å². The van der Waals surface area contributed by atoms with E-state index < -0.39 is 5.97 Å². The highest BCUT2D eigenvalue weighted by Crippen LogP contribution is 2.36. The van der Waals surface area contributed by atoms with Gasteiger partial charge in [0.05, 0.1) is 6.04 Å². The topological polar surface area (TPSA) is 68.0 Å². The molecule has 0 aromatic carbocycles. The molecule has 1 aliphatic carbocycles. The maximum Gasteiger partial charge on any atom is 0.359 e. The molecule has 0 aliphatic heterocycles. The minimum absolute atomic E-state index is 0.130. The summed E-state index contributed by atoms with van der Waals surface area (Å²) in [6.45, 7) is 0. The number of rotatable bonds is 2. The van der Waals surface area contributed by atoms with Gasteiger partial charge in [0.25, 0.3) is 0 Å². The first kappa shape index (κ1) is 7.54. The predicted molar refractivity (Wildman–Crippen MR) is 40.3 cm³/mol. The zero-order valence-electron chi connectivity index (χ0n) is 6.07. The van der Waals surface area contributed by atoms with Crippen LogP contribution in [0.3, 0.4) is 0 Å². The smallest absolute Gasteiger partial charge is 0.359 e. The molecular weight excluding hydrogens is 182 g/mol. The molecule has 0 unspecified atom stereocenters. The highest BCUT2D eigenvalue weighted by atomic mass is 35.5. The van der Waals surface area contributed by atoms with Gasteiger partial charge >= 0.3 is 5.97 Å². The predicted octanol–water partition coefficient (Wildman–Crippen LogP) is 0.965. The Balaban J connectivity index is 2.39. The summed E-state index contributed by atoms with van der Waals surface area (Å²) in [4.78, 5) is 10.5. The van der Waals surface area contributed by atoms with Crippen LogP contribution in [0, 0.1) is 0 Å². The van der Waals surface area contributed by atoms with E-state index in [1.165, 1.54) is 4.68 Å². The summed E-state index contributed by atoms with van der Waals surface area (Å²) in [6, 6.07) is 0.262. The van der Waals surface area contributed by atoms with Crippen LogP contribution in [0.4, 0.5) is 0 Å². The number of hydrogen-bond acceptors (Lipinski definition) is 3. The fourth-order valence-corrected chi connectivity index (χ4v) is 1.26. The molecule has 2 rings (SSSR count). The maximum absolute atomic E-state index is 10.5. The van der Waals surface area contributed by atoms with E-state index in [1.807, 2.05) is 0 Å². The van der Waals surface area contributed by atoms with Crippen LogP contribution in [0.1, 0.15) is 29.4 Å². The van der Waals surface area contributed by atoms with E-state index in [2.05, 4.69) is 10.3 Å². The van der Waals surface area contributed by atoms with Crippen molar-refractivity contribution < 1.29 is 9.90 Å². The van der Waals surface area contributed by atoms with Crippen LogP contribution in [0.15, 0.2) is 0 Å². The molecule has 0 atom stereocenters. The lowest BCUT2D eigenvalue weighted by Gasteiger charge is -1.95. The summed E-state index contributed by atoms with van der Waals surface area (Å²) < 4.78 is 1.46. The summed E-state index contributed by atoms with van der Waals surface area (Å²) in [6.07, 6.45) is 2.00. The fraction of sp³-hybridized carbons (Fsp3) is 0.500. The third-order valence-electron chi connectivity index (χ3n) is 1.73. The van der Waals surface area contributed by atoms with Crippen LogP contribution in [-0.4, -0.2) is 26.1 Å². The molecule has 1 saturated carbocycles. The number of carbonyl (C=O) groups is 1. The first-order valence-electron chi connectivity index (χ1n) is 3.54. The van der Waals surface area contributed by atoms with Crippen molar-refractivity contribution in [3.8, 4) is 0 Å². The largest absolute Gasteiger partial charge is 0.476 e. The molecule has 1 aromatic rings. The molecule has 0 bridgehead atoms. The molecule has 5 nitrogen and oxygen atoms in total. The number of carboxylic acids is 1. The number of nitrogens with zero attached hydrogens (tertiary/aromatic N) is 3. The molecule has 64 valence electrons. The zero-order valence-corrected chi connectivity index (χ0v) is 6.82. The summed E-state index contributed by atoms with van der Waals surface area (Å²) in [5.74, 6) is -1.13. The molecule has 1 N–H and O–H groups in total. The van der Waals surface area contributed by atoms with E-state index in [1.54, 1.807) is 0 Å². The molecule has 1 aromatic heterocycles. The zero-order chi connectivity index (χ0) is 8.72. The first-order chi connectivity index (χ1) is 5.70. The van der Waals surface area contributed by atoms with Gasteiger partial charge in [0.2, 0.25) is 5.69 Å². The Kier molecular flexibility index (Phi) is 1.54. The van der Waals surface area contributed by atoms with Crippen molar-refractivity contribution in [2.75, 3.05) is 0 Å². The molecular formula is C6H6ClN3O2. The lowest BCUT2D eigenvalue weighted by Crippen LogP contribution is -1.99. The number of halogens is 1. The highest BCUT2D eigenvalue weighted by Gasteiger charge is 2.29. The number of carboxylic acid groups (broad SMARTS) is 1. The average molecular weight is 188 g/mol. The summed E-state index contributed by atoms with van der Waals surface area (Å²) in [5, 5.41) is 15.8. The van der Waals surface area contributed by atoms with Gasteiger partial charge in [-0.15, -0.1) is 5.10 Å². The first-order valence-corrected chi connectivity index (χ1v) is 3.92. The normalized spacial score (nSPS) is 16.4. The van der Waals surface area contributed by atoms with Crippen LogP contribution in [-0.2, 0) is 0 Å². The fourth-order valence-electron chi connectivity index (χ4n) is 0.965. The van der Waals surface area contributed by atoms with Crippen molar-refractivity contribution in [3.63, 3.8) is 0 Å². The quantitative estimate of drug-likeness (QED) is 0.749. The lowest BCUT2D eigenvalue weighted by atomic mass is 10.5. The standard InChI is InChI=1S/C6H6ClN3O2/c7-5-4(6(11)12)8-9-10(5)3-1-2-3/h3H,1-2H2,(H,11,12). The van der Waals surface area contributed by atoms with Crippen molar-refractivity contribution >= 4 is 17.6 Å². The molecule has 0 amide bonds. The van der Waals surface area contributed by atoms with E-state index in [-0.39, 0.29) is 16.9 Å². The van der Waals surface area contributed by atoms with Crippen molar-refractivity contribution in [2.24, 2.45) is 0 Å². The van der Waals surface area contributed by atoms with Gasteiger partial charge in [-0.25, -0.2) is 9.48 Å². The Bertz CT molecular complexity index is 332. The molecule has 1 aliphatic rings. The highest BCUT2D eigenvalue weighted by molar-refractivity contribution is 6.32. The van der Waals surface area contributed by atoms with Gasteiger partial charge in [-0.3, -0.25) is 0 Å². The van der Waals surface area contributed by atoms with Gasteiger partial charge in [0.1, 0.15) is 0 Å². The molecule has 0 spiro atoms. The second-order valence-corrected chi connectivity index (χ2v) is 3.07. The summed E-state index contributed by atoms with van der Waals surface area (Å²) in [7, 11) is 0. The second-order valence-electron chi connectivity index (χ2n) is 2.71. The molecule has 0 saturated heterocycles. The van der Waals surface area contributed by atoms with E-state index >= 15 is 0 Å². The van der Waals surface area contributed by atoms with Crippen LogP contribution in [0.5, 0.6) is 0 Å². The van der Waals surface area contributed by atoms with Gasteiger partial charge in [-0.2, -0.15) is 0 Å². The summed E-state index contributed by atoms with van der Waals surface area (Å²) in [5.41, 5.74) is -0.163. The Morgan fingerprint density at radius 1 is 1.67 bits per heavy atom. The van der Waals surface area contributed by atoms with Gasteiger partial charge < -0.3 is 5.11 Å². The average Bonchev–Trinajstić information content (AvgIpc) is 2.75. The van der Waals surface area contributed by atoms with E-state index in [0.29, 0.717) is 0 Å². The SMILES string of the molecule is O=C(O)c1nnn(C2CC2)c1Cl. The van der Waals surface area contributed by atoms with Gasteiger partial charge in [-0.1, -0.05) is 16.8 Å². The Labute approximate surface area is 72.9 Å². The summed E-state index contributed by atoms with van der Waals surface area (Å²) >= 11 is 5.71.